The summed E-state index contributed by atoms with van der Waals surface area (Å²) in [4.78, 5) is 23.9. The maximum atomic E-state index is 13.1. The van der Waals surface area contributed by atoms with Crippen molar-refractivity contribution in [2.24, 2.45) is 5.16 Å². The van der Waals surface area contributed by atoms with Gasteiger partial charge in [-0.3, -0.25) is 10.1 Å². The average Bonchev–Trinajstić information content (AvgIpc) is 3.41. The summed E-state index contributed by atoms with van der Waals surface area (Å²) in [5, 5.41) is 6.92. The quantitative estimate of drug-likeness (QED) is 0.263. The smallest absolute Gasteiger partial charge is 0.280 e. The van der Waals surface area contributed by atoms with Crippen LogP contribution in [0.5, 0.6) is 0 Å². The van der Waals surface area contributed by atoms with E-state index in [-0.39, 0.29) is 22.0 Å². The van der Waals surface area contributed by atoms with Crippen LogP contribution in [0.25, 0.3) is 0 Å². The Morgan fingerprint density at radius 2 is 2.03 bits per heavy atom. The Morgan fingerprint density at radius 1 is 1.24 bits per heavy atom. The summed E-state index contributed by atoms with van der Waals surface area (Å²) in [6, 6.07) is 6.14. The van der Waals surface area contributed by atoms with Crippen molar-refractivity contribution >= 4 is 37.9 Å². The number of aromatic nitrogens is 1. The van der Waals surface area contributed by atoms with Gasteiger partial charge in [-0.15, -0.1) is 0 Å². The minimum atomic E-state index is -3.33. The Bertz CT molecular complexity index is 1110. The summed E-state index contributed by atoms with van der Waals surface area (Å²) in [5.41, 5.74) is 0.459. The summed E-state index contributed by atoms with van der Waals surface area (Å²) in [5.74, 6) is -0.516. The lowest BCUT2D eigenvalue weighted by molar-refractivity contribution is -0.110. The van der Waals surface area contributed by atoms with Crippen LogP contribution in [0.15, 0.2) is 40.5 Å². The highest BCUT2D eigenvalue weighted by molar-refractivity contribution is 7.92. The van der Waals surface area contributed by atoms with Gasteiger partial charge in [-0.2, -0.15) is 0 Å². The molecule has 2 aromatic rings. The molecule has 1 saturated carbocycles. The zero-order valence-electron chi connectivity index (χ0n) is 18.8. The fourth-order valence-corrected chi connectivity index (χ4v) is 5.63. The number of methoxy groups -OCH3 is 1. The SMILES string of the molecule is COCCOCc1cnc(NC(=O)/C(=N/O[C@@H]2CCOC2)c2ccc(S(=O)(=O)C3CC3)cc2)s1. The number of ether oxygens (including phenoxy) is 3. The van der Waals surface area contributed by atoms with Crippen molar-refractivity contribution in [2.75, 3.05) is 38.9 Å². The van der Waals surface area contributed by atoms with Crippen LogP contribution in [-0.2, 0) is 40.3 Å². The lowest BCUT2D eigenvalue weighted by atomic mass is 10.1. The van der Waals surface area contributed by atoms with Crippen molar-refractivity contribution in [1.82, 2.24) is 4.98 Å². The van der Waals surface area contributed by atoms with E-state index in [9.17, 15) is 13.2 Å². The number of nitrogens with zero attached hydrogens (tertiary/aromatic N) is 2. The number of amides is 1. The molecule has 1 N–H and O–H groups in total. The average molecular weight is 510 g/mol. The lowest BCUT2D eigenvalue weighted by Gasteiger charge is -2.10. The molecule has 2 heterocycles. The number of hydrogen-bond donors (Lipinski definition) is 1. The van der Waals surface area contributed by atoms with E-state index in [1.54, 1.807) is 25.4 Å². The Labute approximate surface area is 202 Å². The third-order valence-electron chi connectivity index (χ3n) is 5.27. The molecule has 1 saturated heterocycles. The van der Waals surface area contributed by atoms with Gasteiger partial charge in [-0.1, -0.05) is 28.6 Å². The van der Waals surface area contributed by atoms with Crippen molar-refractivity contribution < 1.29 is 32.3 Å². The van der Waals surface area contributed by atoms with Crippen molar-refractivity contribution in [3.05, 3.63) is 40.9 Å². The van der Waals surface area contributed by atoms with Gasteiger partial charge >= 0.3 is 0 Å². The van der Waals surface area contributed by atoms with Gasteiger partial charge in [0.05, 0.1) is 48.1 Å². The van der Waals surface area contributed by atoms with E-state index in [1.165, 1.54) is 23.5 Å². The third kappa shape index (κ3) is 6.39. The fraction of sp³-hybridized carbons (Fsp3) is 0.500. The van der Waals surface area contributed by atoms with Gasteiger partial charge in [0.15, 0.2) is 26.8 Å². The highest BCUT2D eigenvalue weighted by atomic mass is 32.2. The number of hydrogen-bond acceptors (Lipinski definition) is 10. The summed E-state index contributed by atoms with van der Waals surface area (Å²) in [6.45, 7) is 2.29. The molecule has 1 aliphatic heterocycles. The Balaban J connectivity index is 1.47. The summed E-state index contributed by atoms with van der Waals surface area (Å²) in [7, 11) is -1.72. The monoisotopic (exact) mass is 509 g/mol. The zero-order chi connectivity index (χ0) is 24.0. The first-order chi connectivity index (χ1) is 16.5. The maximum Gasteiger partial charge on any atom is 0.280 e. The molecule has 2 aliphatic rings. The van der Waals surface area contributed by atoms with Crippen LogP contribution in [-0.4, -0.2) is 69.9 Å². The van der Waals surface area contributed by atoms with Crippen LogP contribution in [0.1, 0.15) is 29.7 Å². The molecule has 1 atom stereocenters. The highest BCUT2D eigenvalue weighted by Gasteiger charge is 2.36. The predicted octanol–water partition coefficient (Wildman–Crippen LogP) is 2.39. The maximum absolute atomic E-state index is 13.1. The molecule has 0 radical (unpaired) electrons. The lowest BCUT2D eigenvalue weighted by Crippen LogP contribution is -2.25. The van der Waals surface area contributed by atoms with Gasteiger partial charge in [0.2, 0.25) is 0 Å². The van der Waals surface area contributed by atoms with Crippen molar-refractivity contribution in [2.45, 2.75) is 42.1 Å². The van der Waals surface area contributed by atoms with Crippen LogP contribution in [0.3, 0.4) is 0 Å². The normalized spacial score (nSPS) is 18.7. The van der Waals surface area contributed by atoms with E-state index in [0.29, 0.717) is 63.0 Å². The standard InChI is InChI=1S/C22H27N3O7S2/c1-29-10-11-31-14-17-12-23-22(33-17)24-21(26)20(25-32-16-8-9-30-13-16)15-2-4-18(5-3-15)34(27,28)19-6-7-19/h2-5,12,16,19H,6-11,13-14H2,1H3,(H,23,24,26)/b25-20+/t16-/m1/s1. The number of nitrogens with one attached hydrogen (secondary N) is 1. The van der Waals surface area contributed by atoms with E-state index in [4.69, 9.17) is 19.0 Å². The Kier molecular flexibility index (Phi) is 8.27. The minimum absolute atomic E-state index is 0.0235. The number of thiazole rings is 1. The molecule has 1 amide bonds. The summed E-state index contributed by atoms with van der Waals surface area (Å²) in [6.07, 6.45) is 3.44. The topological polar surface area (TPSA) is 125 Å². The number of rotatable bonds is 12. The van der Waals surface area contributed by atoms with E-state index >= 15 is 0 Å². The Morgan fingerprint density at radius 3 is 2.71 bits per heavy atom. The molecular weight excluding hydrogens is 482 g/mol. The fourth-order valence-electron chi connectivity index (χ4n) is 3.23. The predicted molar refractivity (Wildman–Crippen MR) is 126 cm³/mol. The molecule has 4 rings (SSSR count). The molecular formula is C22H27N3O7S2. The molecule has 2 fully saturated rings. The van der Waals surface area contributed by atoms with Gasteiger partial charge in [0, 0.05) is 25.3 Å². The number of anilines is 1. The van der Waals surface area contributed by atoms with Gasteiger partial charge in [-0.05, 0) is 25.0 Å². The van der Waals surface area contributed by atoms with Crippen LogP contribution >= 0.6 is 11.3 Å². The van der Waals surface area contributed by atoms with Gasteiger partial charge in [0.1, 0.15) is 0 Å². The van der Waals surface area contributed by atoms with Crippen LogP contribution in [0.4, 0.5) is 5.13 Å². The molecule has 34 heavy (non-hydrogen) atoms. The second-order valence-corrected chi connectivity index (χ2v) is 11.3. The first kappa shape index (κ1) is 24.7. The number of sulfone groups is 1. The first-order valence-corrected chi connectivity index (χ1v) is 13.3. The molecule has 10 nitrogen and oxygen atoms in total. The van der Waals surface area contributed by atoms with Crippen molar-refractivity contribution in [3.63, 3.8) is 0 Å². The molecule has 0 bridgehead atoms. The Hall–Kier alpha value is -2.38. The van der Waals surface area contributed by atoms with E-state index < -0.39 is 15.7 Å². The number of carbonyl (C=O) groups is 1. The molecule has 0 spiro atoms. The zero-order valence-corrected chi connectivity index (χ0v) is 20.4. The van der Waals surface area contributed by atoms with Crippen molar-refractivity contribution in [1.29, 1.82) is 0 Å². The van der Waals surface area contributed by atoms with Gasteiger partial charge in [0.25, 0.3) is 5.91 Å². The largest absolute Gasteiger partial charge is 0.389 e. The molecule has 1 aromatic heterocycles. The molecule has 1 aromatic carbocycles. The van der Waals surface area contributed by atoms with Crippen molar-refractivity contribution in [3.8, 4) is 0 Å². The van der Waals surface area contributed by atoms with Gasteiger partial charge < -0.3 is 19.0 Å². The molecule has 12 heteroatoms. The van der Waals surface area contributed by atoms with E-state index in [2.05, 4.69) is 15.5 Å². The molecule has 0 unspecified atom stereocenters. The van der Waals surface area contributed by atoms with E-state index in [0.717, 1.165) is 4.88 Å². The van der Waals surface area contributed by atoms with E-state index in [1.807, 2.05) is 0 Å². The number of oxime groups is 1. The first-order valence-electron chi connectivity index (χ1n) is 11.0. The minimum Gasteiger partial charge on any atom is -0.389 e. The second kappa shape index (κ2) is 11.4. The third-order valence-corrected chi connectivity index (χ3v) is 8.43. The number of carbonyl (C=O) groups excluding carboxylic acids is 1. The summed E-state index contributed by atoms with van der Waals surface area (Å²) >= 11 is 1.29. The number of benzene rings is 1. The molecule has 184 valence electrons. The van der Waals surface area contributed by atoms with Crippen LogP contribution in [0, 0.1) is 0 Å². The van der Waals surface area contributed by atoms with Gasteiger partial charge in [-0.25, -0.2) is 13.4 Å². The van der Waals surface area contributed by atoms with Crippen LogP contribution < -0.4 is 5.32 Å². The van der Waals surface area contributed by atoms with Crippen LogP contribution in [0.2, 0.25) is 0 Å². The highest BCUT2D eigenvalue weighted by Crippen LogP contribution is 2.33. The second-order valence-electron chi connectivity index (χ2n) is 7.93. The summed E-state index contributed by atoms with van der Waals surface area (Å²) < 4.78 is 40.7. The molecule has 1 aliphatic carbocycles.